The SMILES string of the molecule is COc1c(N)cccc1C(=O)OCc1cc(F)cc(F)c1. The summed E-state index contributed by atoms with van der Waals surface area (Å²) in [5.74, 6) is -1.96. The Bertz CT molecular complexity index is 654. The minimum Gasteiger partial charge on any atom is -0.494 e. The third-order valence-corrected chi connectivity index (χ3v) is 2.76. The van der Waals surface area contributed by atoms with Crippen LogP contribution in [-0.2, 0) is 11.3 Å². The third kappa shape index (κ3) is 3.47. The highest BCUT2D eigenvalue weighted by molar-refractivity contribution is 5.94. The summed E-state index contributed by atoms with van der Waals surface area (Å²) in [5.41, 5.74) is 6.34. The van der Waals surface area contributed by atoms with Crippen molar-refractivity contribution in [1.82, 2.24) is 0 Å². The number of hydrogen-bond acceptors (Lipinski definition) is 4. The van der Waals surface area contributed by atoms with Gasteiger partial charge in [-0.2, -0.15) is 0 Å². The molecule has 0 amide bonds. The van der Waals surface area contributed by atoms with E-state index < -0.39 is 17.6 Å². The zero-order valence-electron chi connectivity index (χ0n) is 11.2. The number of halogens is 2. The summed E-state index contributed by atoms with van der Waals surface area (Å²) < 4.78 is 36.1. The molecule has 0 saturated heterocycles. The second-order valence-electron chi connectivity index (χ2n) is 4.28. The van der Waals surface area contributed by atoms with Crippen LogP contribution in [0.1, 0.15) is 15.9 Å². The highest BCUT2D eigenvalue weighted by Crippen LogP contribution is 2.26. The first-order valence-electron chi connectivity index (χ1n) is 6.06. The number of methoxy groups -OCH3 is 1. The molecule has 2 aromatic carbocycles. The fraction of sp³-hybridized carbons (Fsp3) is 0.133. The molecular formula is C15H13F2NO3. The van der Waals surface area contributed by atoms with Gasteiger partial charge in [-0.15, -0.1) is 0 Å². The molecule has 0 unspecified atom stereocenters. The summed E-state index contributed by atoms with van der Waals surface area (Å²) in [6.07, 6.45) is 0. The van der Waals surface area contributed by atoms with Gasteiger partial charge in [0.1, 0.15) is 23.8 Å². The molecule has 0 bridgehead atoms. The van der Waals surface area contributed by atoms with E-state index in [9.17, 15) is 13.6 Å². The molecule has 0 aliphatic carbocycles. The first kappa shape index (κ1) is 14.8. The first-order chi connectivity index (χ1) is 10.0. The van der Waals surface area contributed by atoms with Crippen LogP contribution in [0.15, 0.2) is 36.4 Å². The number of carbonyl (C=O) groups excluding carboxylic acids is 1. The average molecular weight is 293 g/mol. The van der Waals surface area contributed by atoms with Gasteiger partial charge in [-0.25, -0.2) is 13.6 Å². The van der Waals surface area contributed by atoms with Crippen molar-refractivity contribution in [3.05, 3.63) is 59.2 Å². The molecule has 0 saturated carbocycles. The molecule has 2 rings (SSSR count). The van der Waals surface area contributed by atoms with Crippen molar-refractivity contribution in [3.63, 3.8) is 0 Å². The van der Waals surface area contributed by atoms with Crippen molar-refractivity contribution in [1.29, 1.82) is 0 Å². The molecule has 0 fully saturated rings. The molecule has 2 aromatic rings. The smallest absolute Gasteiger partial charge is 0.342 e. The Morgan fingerprint density at radius 2 is 1.86 bits per heavy atom. The largest absolute Gasteiger partial charge is 0.494 e. The quantitative estimate of drug-likeness (QED) is 0.695. The van der Waals surface area contributed by atoms with E-state index in [1.165, 1.54) is 13.2 Å². The lowest BCUT2D eigenvalue weighted by atomic mass is 10.1. The van der Waals surface area contributed by atoms with Crippen molar-refractivity contribution in [2.24, 2.45) is 0 Å². The summed E-state index contributed by atoms with van der Waals surface area (Å²) in [7, 11) is 1.38. The van der Waals surface area contributed by atoms with Gasteiger partial charge >= 0.3 is 5.97 Å². The zero-order valence-corrected chi connectivity index (χ0v) is 11.2. The second-order valence-corrected chi connectivity index (χ2v) is 4.28. The Morgan fingerprint density at radius 3 is 2.48 bits per heavy atom. The van der Waals surface area contributed by atoms with E-state index in [2.05, 4.69) is 0 Å². The Morgan fingerprint density at radius 1 is 1.19 bits per heavy atom. The summed E-state index contributed by atoms with van der Waals surface area (Å²) >= 11 is 0. The van der Waals surface area contributed by atoms with Gasteiger partial charge in [-0.3, -0.25) is 0 Å². The number of carbonyl (C=O) groups is 1. The van der Waals surface area contributed by atoms with Crippen molar-refractivity contribution in [3.8, 4) is 5.75 Å². The molecule has 0 aliphatic rings. The summed E-state index contributed by atoms with van der Waals surface area (Å²) in [4.78, 5) is 12.0. The topological polar surface area (TPSA) is 61.5 Å². The number of benzene rings is 2. The lowest BCUT2D eigenvalue weighted by molar-refractivity contribution is 0.0468. The Balaban J connectivity index is 2.13. The van der Waals surface area contributed by atoms with E-state index >= 15 is 0 Å². The van der Waals surface area contributed by atoms with Gasteiger partial charge in [0.2, 0.25) is 0 Å². The van der Waals surface area contributed by atoms with Crippen LogP contribution in [0.3, 0.4) is 0 Å². The van der Waals surface area contributed by atoms with E-state index in [0.717, 1.165) is 18.2 Å². The monoisotopic (exact) mass is 293 g/mol. The summed E-state index contributed by atoms with van der Waals surface area (Å²) in [6, 6.07) is 7.57. The van der Waals surface area contributed by atoms with Gasteiger partial charge in [-0.05, 0) is 29.8 Å². The molecule has 2 N–H and O–H groups in total. The maximum atomic E-state index is 13.0. The molecule has 0 spiro atoms. The van der Waals surface area contributed by atoms with Crippen LogP contribution < -0.4 is 10.5 Å². The number of esters is 1. The van der Waals surface area contributed by atoms with E-state index in [1.54, 1.807) is 12.1 Å². The molecule has 4 nitrogen and oxygen atoms in total. The van der Waals surface area contributed by atoms with Crippen LogP contribution >= 0.6 is 0 Å². The standard InChI is InChI=1S/C15H13F2NO3/c1-20-14-12(3-2-4-13(14)18)15(19)21-8-9-5-10(16)7-11(17)6-9/h2-7H,8,18H2,1H3. The molecule has 0 radical (unpaired) electrons. The van der Waals surface area contributed by atoms with E-state index in [-0.39, 0.29) is 23.5 Å². The zero-order chi connectivity index (χ0) is 15.4. The third-order valence-electron chi connectivity index (χ3n) is 2.76. The molecule has 0 aromatic heterocycles. The number of anilines is 1. The fourth-order valence-corrected chi connectivity index (χ4v) is 1.86. The van der Waals surface area contributed by atoms with Gasteiger partial charge in [0.05, 0.1) is 12.8 Å². The molecule has 21 heavy (non-hydrogen) atoms. The molecule has 0 aliphatic heterocycles. The van der Waals surface area contributed by atoms with Gasteiger partial charge in [0.25, 0.3) is 0 Å². The molecular weight excluding hydrogens is 280 g/mol. The number of rotatable bonds is 4. The maximum absolute atomic E-state index is 13.0. The number of hydrogen-bond donors (Lipinski definition) is 1. The van der Waals surface area contributed by atoms with Crippen molar-refractivity contribution >= 4 is 11.7 Å². The molecule has 6 heteroatoms. The average Bonchev–Trinajstić information content (AvgIpc) is 2.43. The highest BCUT2D eigenvalue weighted by atomic mass is 19.1. The summed E-state index contributed by atoms with van der Waals surface area (Å²) in [6.45, 7) is -0.258. The van der Waals surface area contributed by atoms with Crippen LogP contribution in [0.5, 0.6) is 5.75 Å². The van der Waals surface area contributed by atoms with Gasteiger partial charge < -0.3 is 15.2 Å². The minimum atomic E-state index is -0.734. The Kier molecular flexibility index (Phi) is 4.37. The van der Waals surface area contributed by atoms with Crippen molar-refractivity contribution < 1.29 is 23.0 Å². The van der Waals surface area contributed by atoms with Gasteiger partial charge in [-0.1, -0.05) is 6.07 Å². The van der Waals surface area contributed by atoms with Crippen LogP contribution in [-0.4, -0.2) is 13.1 Å². The Hall–Kier alpha value is -2.63. The molecule has 0 atom stereocenters. The van der Waals surface area contributed by atoms with Crippen LogP contribution in [0, 0.1) is 11.6 Å². The minimum absolute atomic E-state index is 0.148. The second kappa shape index (κ2) is 6.21. The van der Waals surface area contributed by atoms with Crippen molar-refractivity contribution in [2.75, 3.05) is 12.8 Å². The van der Waals surface area contributed by atoms with Crippen LogP contribution in [0.25, 0.3) is 0 Å². The van der Waals surface area contributed by atoms with Crippen molar-refractivity contribution in [2.45, 2.75) is 6.61 Å². The molecule has 0 heterocycles. The van der Waals surface area contributed by atoms with E-state index in [1.807, 2.05) is 0 Å². The van der Waals surface area contributed by atoms with E-state index in [4.69, 9.17) is 15.2 Å². The molecule has 110 valence electrons. The fourth-order valence-electron chi connectivity index (χ4n) is 1.86. The lowest BCUT2D eigenvalue weighted by Crippen LogP contribution is -2.08. The number of para-hydroxylation sites is 1. The number of nitrogens with two attached hydrogens (primary N) is 1. The van der Waals surface area contributed by atoms with Gasteiger partial charge in [0, 0.05) is 6.07 Å². The number of nitrogen functional groups attached to an aromatic ring is 1. The number of ether oxygens (including phenoxy) is 2. The summed E-state index contributed by atoms with van der Waals surface area (Å²) in [5, 5.41) is 0. The van der Waals surface area contributed by atoms with Gasteiger partial charge in [0.15, 0.2) is 5.75 Å². The lowest BCUT2D eigenvalue weighted by Gasteiger charge is -2.10. The first-order valence-corrected chi connectivity index (χ1v) is 6.06. The predicted octanol–water partition coefficient (Wildman–Crippen LogP) is 2.91. The van der Waals surface area contributed by atoms with Crippen LogP contribution in [0.2, 0.25) is 0 Å². The normalized spacial score (nSPS) is 10.2. The maximum Gasteiger partial charge on any atom is 0.342 e. The Labute approximate surface area is 120 Å². The predicted molar refractivity (Wildman–Crippen MR) is 72.9 cm³/mol. The van der Waals surface area contributed by atoms with E-state index in [0.29, 0.717) is 5.69 Å². The van der Waals surface area contributed by atoms with Crippen LogP contribution in [0.4, 0.5) is 14.5 Å². The highest BCUT2D eigenvalue weighted by Gasteiger charge is 2.16.